The van der Waals surface area contributed by atoms with Crippen molar-refractivity contribution in [3.05, 3.63) is 126 Å². The first-order valence-electron chi connectivity index (χ1n) is 14.1. The van der Waals surface area contributed by atoms with Crippen LogP contribution in [0.1, 0.15) is 23.1 Å². The van der Waals surface area contributed by atoms with Gasteiger partial charge in [0.05, 0.1) is 23.1 Å². The first-order chi connectivity index (χ1) is 20.8. The summed E-state index contributed by atoms with van der Waals surface area (Å²) in [6.07, 6.45) is 0.841. The van der Waals surface area contributed by atoms with Gasteiger partial charge in [0.25, 0.3) is 0 Å². The normalized spacial score (nSPS) is 14.9. The highest BCUT2D eigenvalue weighted by Gasteiger charge is 2.42. The van der Waals surface area contributed by atoms with Crippen molar-refractivity contribution in [2.24, 2.45) is 0 Å². The number of sulfonamides is 1. The Morgan fingerprint density at radius 1 is 0.884 bits per heavy atom. The zero-order chi connectivity index (χ0) is 30.2. The van der Waals surface area contributed by atoms with E-state index in [9.17, 15) is 23.3 Å². The lowest BCUT2D eigenvalue weighted by atomic mass is 10.1. The van der Waals surface area contributed by atoms with Gasteiger partial charge >= 0.3 is 0 Å². The van der Waals surface area contributed by atoms with E-state index < -0.39 is 28.5 Å². The third-order valence-electron chi connectivity index (χ3n) is 7.49. The number of rotatable bonds is 11. The molecule has 218 valence electrons. The molecule has 0 aliphatic carbocycles. The molecule has 1 heterocycles. The molecule has 2 amide bonds. The van der Waals surface area contributed by atoms with Crippen LogP contribution < -0.4 is 5.32 Å². The quantitative estimate of drug-likeness (QED) is 0.278. The van der Waals surface area contributed by atoms with E-state index in [0.717, 1.165) is 26.6 Å². The van der Waals surface area contributed by atoms with Crippen LogP contribution in [0.25, 0.3) is 11.1 Å². The highest BCUT2D eigenvalue weighted by molar-refractivity contribution is 7.89. The minimum absolute atomic E-state index is 0.0113. The molecular formula is C34H32N4O4S. The first-order valence-corrected chi connectivity index (χ1v) is 15.5. The minimum Gasteiger partial charge on any atom is -0.355 e. The molecule has 0 saturated carbocycles. The maximum absolute atomic E-state index is 14.0. The number of benzene rings is 4. The summed E-state index contributed by atoms with van der Waals surface area (Å²) < 4.78 is 29.1. The summed E-state index contributed by atoms with van der Waals surface area (Å²) in [6, 6.07) is 33.8. The molecule has 1 aliphatic rings. The zero-order valence-corrected chi connectivity index (χ0v) is 24.4. The van der Waals surface area contributed by atoms with E-state index in [0.29, 0.717) is 25.1 Å². The number of hydrogen-bond donors (Lipinski definition) is 1. The summed E-state index contributed by atoms with van der Waals surface area (Å²) >= 11 is 0. The molecule has 1 atom stereocenters. The van der Waals surface area contributed by atoms with Gasteiger partial charge in [-0.05, 0) is 59.4 Å². The monoisotopic (exact) mass is 592 g/mol. The molecule has 4 aromatic rings. The predicted octanol–water partition coefficient (Wildman–Crippen LogP) is 4.38. The average Bonchev–Trinajstić information content (AvgIpc) is 3.39. The van der Waals surface area contributed by atoms with Crippen LogP contribution in [0.3, 0.4) is 0 Å². The van der Waals surface area contributed by atoms with Crippen molar-refractivity contribution in [1.29, 1.82) is 5.26 Å². The lowest BCUT2D eigenvalue weighted by Crippen LogP contribution is -2.49. The molecule has 1 fully saturated rings. The van der Waals surface area contributed by atoms with E-state index in [1.165, 1.54) is 12.1 Å². The summed E-state index contributed by atoms with van der Waals surface area (Å²) in [6.45, 7) is 0.427. The van der Waals surface area contributed by atoms with Crippen LogP contribution in [0.5, 0.6) is 0 Å². The predicted molar refractivity (Wildman–Crippen MR) is 164 cm³/mol. The Kier molecular flexibility index (Phi) is 9.30. The second-order valence-electron chi connectivity index (χ2n) is 10.4. The Hall–Kier alpha value is -4.78. The van der Waals surface area contributed by atoms with Crippen molar-refractivity contribution in [1.82, 2.24) is 14.5 Å². The van der Waals surface area contributed by atoms with Gasteiger partial charge < -0.3 is 10.2 Å². The number of likely N-dealkylation sites (tertiary alicyclic amines) is 1. The van der Waals surface area contributed by atoms with Crippen LogP contribution in [0.15, 0.2) is 114 Å². The fraction of sp³-hybridized carbons (Fsp3) is 0.206. The van der Waals surface area contributed by atoms with Crippen molar-refractivity contribution in [3.8, 4) is 17.2 Å². The minimum atomic E-state index is -4.21. The number of hydrogen-bond acceptors (Lipinski definition) is 5. The highest BCUT2D eigenvalue weighted by Crippen LogP contribution is 2.28. The van der Waals surface area contributed by atoms with Gasteiger partial charge in [-0.1, -0.05) is 84.9 Å². The van der Waals surface area contributed by atoms with E-state index in [-0.39, 0.29) is 23.8 Å². The number of nitrogens with zero attached hydrogens (tertiary/aromatic N) is 3. The van der Waals surface area contributed by atoms with E-state index in [1.54, 1.807) is 35.2 Å². The van der Waals surface area contributed by atoms with Crippen molar-refractivity contribution in [2.45, 2.75) is 30.3 Å². The van der Waals surface area contributed by atoms with Crippen LogP contribution in [0.2, 0.25) is 0 Å². The topological polar surface area (TPSA) is 111 Å². The number of nitriles is 1. The summed E-state index contributed by atoms with van der Waals surface area (Å²) in [5.74, 6) is -0.850. The smallest absolute Gasteiger partial charge is 0.244 e. The average molecular weight is 593 g/mol. The van der Waals surface area contributed by atoms with Crippen molar-refractivity contribution >= 4 is 21.8 Å². The van der Waals surface area contributed by atoms with E-state index >= 15 is 0 Å². The van der Waals surface area contributed by atoms with Gasteiger partial charge in [-0.25, -0.2) is 8.42 Å². The summed E-state index contributed by atoms with van der Waals surface area (Å²) in [7, 11) is -4.21. The van der Waals surface area contributed by atoms with Crippen LogP contribution in [0, 0.1) is 11.3 Å². The second-order valence-corrected chi connectivity index (χ2v) is 12.3. The second kappa shape index (κ2) is 13.5. The molecule has 0 radical (unpaired) electrons. The fourth-order valence-corrected chi connectivity index (χ4v) is 6.81. The van der Waals surface area contributed by atoms with Gasteiger partial charge in [0.15, 0.2) is 0 Å². The van der Waals surface area contributed by atoms with Gasteiger partial charge in [-0.2, -0.15) is 9.57 Å². The Morgan fingerprint density at radius 2 is 1.53 bits per heavy atom. The summed E-state index contributed by atoms with van der Waals surface area (Å²) in [4.78, 5) is 28.3. The SMILES string of the molecule is N#Cc1cccc(CN2CC[C@H](N(CC(=O)NCCc3ccccc3)S(=O)(=O)c3ccc(-c4ccccc4)cc3)C2=O)c1. The summed E-state index contributed by atoms with van der Waals surface area (Å²) in [5.41, 5.74) is 4.11. The van der Waals surface area contributed by atoms with E-state index in [4.69, 9.17) is 0 Å². The molecule has 1 aliphatic heterocycles. The van der Waals surface area contributed by atoms with Gasteiger partial charge in [0, 0.05) is 19.6 Å². The van der Waals surface area contributed by atoms with Crippen LogP contribution in [-0.4, -0.2) is 55.1 Å². The van der Waals surface area contributed by atoms with Gasteiger partial charge in [0.1, 0.15) is 6.04 Å². The highest BCUT2D eigenvalue weighted by atomic mass is 32.2. The lowest BCUT2D eigenvalue weighted by Gasteiger charge is -2.27. The largest absolute Gasteiger partial charge is 0.355 e. The number of carbonyl (C=O) groups is 2. The molecule has 5 rings (SSSR count). The Morgan fingerprint density at radius 3 is 2.23 bits per heavy atom. The maximum atomic E-state index is 14.0. The third kappa shape index (κ3) is 7.17. The Labute approximate surface area is 252 Å². The Balaban J connectivity index is 1.36. The van der Waals surface area contributed by atoms with Crippen LogP contribution in [0.4, 0.5) is 0 Å². The van der Waals surface area contributed by atoms with E-state index in [1.807, 2.05) is 66.7 Å². The molecule has 1 N–H and O–H groups in total. The molecule has 43 heavy (non-hydrogen) atoms. The van der Waals surface area contributed by atoms with Gasteiger partial charge in [-0.15, -0.1) is 0 Å². The van der Waals surface area contributed by atoms with E-state index in [2.05, 4.69) is 11.4 Å². The number of amides is 2. The molecule has 8 nitrogen and oxygen atoms in total. The molecule has 0 bridgehead atoms. The molecule has 4 aromatic carbocycles. The van der Waals surface area contributed by atoms with Gasteiger partial charge in [-0.3, -0.25) is 9.59 Å². The molecule has 1 saturated heterocycles. The number of nitrogens with one attached hydrogen (secondary N) is 1. The van der Waals surface area contributed by atoms with Crippen molar-refractivity contribution in [2.75, 3.05) is 19.6 Å². The maximum Gasteiger partial charge on any atom is 0.244 e. The van der Waals surface area contributed by atoms with Crippen LogP contribution in [-0.2, 0) is 32.6 Å². The molecule has 0 spiro atoms. The molecule has 0 aromatic heterocycles. The molecular weight excluding hydrogens is 560 g/mol. The van der Waals surface area contributed by atoms with Gasteiger partial charge in [0.2, 0.25) is 21.8 Å². The molecule has 9 heteroatoms. The molecule has 0 unspecified atom stereocenters. The summed E-state index contributed by atoms with van der Waals surface area (Å²) in [5, 5.41) is 12.1. The van der Waals surface area contributed by atoms with Crippen molar-refractivity contribution in [3.63, 3.8) is 0 Å². The Bertz CT molecular complexity index is 1720. The zero-order valence-electron chi connectivity index (χ0n) is 23.6. The first kappa shape index (κ1) is 29.7. The van der Waals surface area contributed by atoms with Crippen LogP contribution >= 0.6 is 0 Å². The standard InChI is InChI=1S/C34H32N4O4S/c35-23-27-10-7-11-28(22-27)24-37-21-19-32(34(37)40)38(25-33(39)36-20-18-26-8-3-1-4-9-26)43(41,42)31-16-14-30(15-17-31)29-12-5-2-6-13-29/h1-17,22,32H,18-21,24-25H2,(H,36,39)/t32-/m0/s1. The third-order valence-corrected chi connectivity index (χ3v) is 9.36. The number of carbonyl (C=O) groups excluding carboxylic acids is 2. The fourth-order valence-electron chi connectivity index (χ4n) is 5.24. The lowest BCUT2D eigenvalue weighted by molar-refractivity contribution is -0.131. The van der Waals surface area contributed by atoms with Crippen molar-refractivity contribution < 1.29 is 18.0 Å².